The molecule has 5 heteroatoms. The first-order valence-electron chi connectivity index (χ1n) is 6.48. The van der Waals surface area contributed by atoms with Gasteiger partial charge in [-0.3, -0.25) is 0 Å². The van der Waals surface area contributed by atoms with Crippen LogP contribution >= 0.6 is 0 Å². The Bertz CT molecular complexity index is 540. The molecule has 1 aliphatic heterocycles. The Hall–Kier alpha value is -1.17. The van der Waals surface area contributed by atoms with Gasteiger partial charge in [-0.25, -0.2) is 8.42 Å². The molecule has 1 heterocycles. The van der Waals surface area contributed by atoms with Crippen molar-refractivity contribution in [1.82, 2.24) is 4.31 Å². The minimum Gasteiger partial charge on any atom is -0.327 e. The molecule has 2 N–H and O–H groups in total. The Labute approximate surface area is 115 Å². The van der Waals surface area contributed by atoms with Crippen molar-refractivity contribution in [2.75, 3.05) is 13.1 Å². The number of piperidine rings is 1. The van der Waals surface area contributed by atoms with Crippen LogP contribution in [0.5, 0.6) is 0 Å². The van der Waals surface area contributed by atoms with Crippen LogP contribution in [-0.2, 0) is 10.0 Å². The number of sulfonamides is 1. The molecular formula is C14H20N2O2S. The third kappa shape index (κ3) is 3.65. The van der Waals surface area contributed by atoms with Crippen LogP contribution < -0.4 is 5.73 Å². The average molecular weight is 280 g/mol. The van der Waals surface area contributed by atoms with Crippen LogP contribution in [0.4, 0.5) is 0 Å². The lowest BCUT2D eigenvalue weighted by Gasteiger charge is -2.33. The fourth-order valence-electron chi connectivity index (χ4n) is 2.17. The van der Waals surface area contributed by atoms with Gasteiger partial charge in [0.05, 0.1) is 0 Å². The largest absolute Gasteiger partial charge is 0.327 e. The second-order valence-corrected chi connectivity index (χ2v) is 6.86. The Balaban J connectivity index is 2.09. The van der Waals surface area contributed by atoms with Gasteiger partial charge >= 0.3 is 0 Å². The summed E-state index contributed by atoms with van der Waals surface area (Å²) in [5.41, 5.74) is 6.79. The van der Waals surface area contributed by atoms with Crippen molar-refractivity contribution in [2.45, 2.75) is 19.4 Å². The monoisotopic (exact) mass is 280 g/mol. The summed E-state index contributed by atoms with van der Waals surface area (Å²) in [6.45, 7) is 3.00. The SMILES string of the molecule is CC1CN(S(=O)(=O)C=Cc2ccccc2)CCC1N. The Morgan fingerprint density at radius 2 is 2.00 bits per heavy atom. The fourth-order valence-corrected chi connectivity index (χ4v) is 3.48. The molecular weight excluding hydrogens is 260 g/mol. The van der Waals surface area contributed by atoms with E-state index in [2.05, 4.69) is 0 Å². The number of benzene rings is 1. The summed E-state index contributed by atoms with van der Waals surface area (Å²) in [6.07, 6.45) is 2.36. The number of rotatable bonds is 3. The van der Waals surface area contributed by atoms with E-state index >= 15 is 0 Å². The van der Waals surface area contributed by atoms with Gasteiger partial charge in [-0.15, -0.1) is 0 Å². The molecule has 2 rings (SSSR count). The summed E-state index contributed by atoms with van der Waals surface area (Å²) in [5.74, 6) is 0.202. The zero-order chi connectivity index (χ0) is 13.9. The third-order valence-electron chi connectivity index (χ3n) is 3.53. The van der Waals surface area contributed by atoms with E-state index < -0.39 is 10.0 Å². The summed E-state index contributed by atoms with van der Waals surface area (Å²) in [5, 5.41) is 1.28. The molecule has 104 valence electrons. The zero-order valence-corrected chi connectivity index (χ0v) is 11.9. The van der Waals surface area contributed by atoms with Crippen molar-refractivity contribution >= 4 is 16.1 Å². The van der Waals surface area contributed by atoms with Gasteiger partial charge in [0.25, 0.3) is 0 Å². The lowest BCUT2D eigenvalue weighted by atomic mass is 9.96. The van der Waals surface area contributed by atoms with E-state index in [4.69, 9.17) is 5.73 Å². The first-order valence-corrected chi connectivity index (χ1v) is 7.98. The summed E-state index contributed by atoms with van der Waals surface area (Å²) >= 11 is 0. The molecule has 1 aromatic carbocycles. The van der Waals surface area contributed by atoms with E-state index in [9.17, 15) is 8.42 Å². The van der Waals surface area contributed by atoms with Gasteiger partial charge in [0.15, 0.2) is 0 Å². The Kier molecular flexibility index (Phi) is 4.39. The number of nitrogens with zero attached hydrogens (tertiary/aromatic N) is 1. The Morgan fingerprint density at radius 1 is 1.32 bits per heavy atom. The van der Waals surface area contributed by atoms with Gasteiger partial charge in [-0.05, 0) is 24.0 Å². The van der Waals surface area contributed by atoms with Crippen LogP contribution in [-0.4, -0.2) is 31.9 Å². The Morgan fingerprint density at radius 3 is 2.63 bits per heavy atom. The van der Waals surface area contributed by atoms with Crippen molar-refractivity contribution in [1.29, 1.82) is 0 Å². The highest BCUT2D eigenvalue weighted by molar-refractivity contribution is 7.92. The molecule has 0 amide bonds. The maximum Gasteiger partial charge on any atom is 0.236 e. The van der Waals surface area contributed by atoms with E-state index in [0.717, 1.165) is 12.0 Å². The first kappa shape index (κ1) is 14.2. The lowest BCUT2D eigenvalue weighted by Crippen LogP contribution is -2.47. The van der Waals surface area contributed by atoms with Gasteiger partial charge in [0.2, 0.25) is 10.0 Å². The third-order valence-corrected chi connectivity index (χ3v) is 5.06. The van der Waals surface area contributed by atoms with Crippen LogP contribution in [0.1, 0.15) is 18.9 Å². The van der Waals surface area contributed by atoms with Crippen molar-refractivity contribution in [3.63, 3.8) is 0 Å². The van der Waals surface area contributed by atoms with Crippen LogP contribution in [0.2, 0.25) is 0 Å². The zero-order valence-electron chi connectivity index (χ0n) is 11.1. The normalized spacial score (nSPS) is 25.8. The molecule has 2 unspecified atom stereocenters. The summed E-state index contributed by atoms with van der Waals surface area (Å²) in [7, 11) is -3.34. The number of hydrogen-bond donors (Lipinski definition) is 1. The van der Waals surface area contributed by atoms with E-state index in [1.165, 1.54) is 9.71 Å². The second kappa shape index (κ2) is 5.86. The molecule has 2 atom stereocenters. The van der Waals surface area contributed by atoms with Crippen LogP contribution in [0, 0.1) is 5.92 Å². The smallest absolute Gasteiger partial charge is 0.236 e. The van der Waals surface area contributed by atoms with Crippen molar-refractivity contribution in [3.8, 4) is 0 Å². The predicted octanol–water partition coefficient (Wildman–Crippen LogP) is 1.66. The molecule has 0 aliphatic carbocycles. The molecule has 1 saturated heterocycles. The van der Waals surface area contributed by atoms with Crippen LogP contribution in [0.15, 0.2) is 35.7 Å². The number of nitrogens with two attached hydrogens (primary N) is 1. The minimum atomic E-state index is -3.34. The number of hydrogen-bond acceptors (Lipinski definition) is 3. The standard InChI is InChI=1S/C14H20N2O2S/c1-12-11-16(9-7-14(12)15)19(17,18)10-8-13-5-3-2-4-6-13/h2-6,8,10,12,14H,7,9,11,15H2,1H3. The molecule has 1 aliphatic rings. The van der Waals surface area contributed by atoms with Crippen molar-refractivity contribution < 1.29 is 8.42 Å². The van der Waals surface area contributed by atoms with Gasteiger partial charge in [0, 0.05) is 24.5 Å². The summed E-state index contributed by atoms with van der Waals surface area (Å²) < 4.78 is 25.9. The maximum atomic E-state index is 12.2. The molecule has 19 heavy (non-hydrogen) atoms. The van der Waals surface area contributed by atoms with Gasteiger partial charge in [0.1, 0.15) is 0 Å². The second-order valence-electron chi connectivity index (χ2n) is 5.05. The molecule has 0 saturated carbocycles. The molecule has 0 bridgehead atoms. The van der Waals surface area contributed by atoms with E-state index in [0.29, 0.717) is 13.1 Å². The lowest BCUT2D eigenvalue weighted by molar-refractivity contribution is 0.252. The first-order chi connectivity index (χ1) is 8.99. The maximum absolute atomic E-state index is 12.2. The molecule has 1 aromatic rings. The van der Waals surface area contributed by atoms with E-state index in [1.807, 2.05) is 37.3 Å². The topological polar surface area (TPSA) is 63.4 Å². The van der Waals surface area contributed by atoms with Crippen LogP contribution in [0.3, 0.4) is 0 Å². The quantitative estimate of drug-likeness (QED) is 0.916. The van der Waals surface area contributed by atoms with Crippen molar-refractivity contribution in [3.05, 3.63) is 41.3 Å². The predicted molar refractivity (Wildman–Crippen MR) is 77.7 cm³/mol. The van der Waals surface area contributed by atoms with E-state index in [-0.39, 0.29) is 12.0 Å². The molecule has 4 nitrogen and oxygen atoms in total. The van der Waals surface area contributed by atoms with Crippen molar-refractivity contribution in [2.24, 2.45) is 11.7 Å². The van der Waals surface area contributed by atoms with Gasteiger partial charge < -0.3 is 5.73 Å². The fraction of sp³-hybridized carbons (Fsp3) is 0.429. The highest BCUT2D eigenvalue weighted by Gasteiger charge is 2.29. The van der Waals surface area contributed by atoms with Gasteiger partial charge in [-0.2, -0.15) is 4.31 Å². The highest BCUT2D eigenvalue weighted by Crippen LogP contribution is 2.19. The summed E-state index contributed by atoms with van der Waals surface area (Å²) in [4.78, 5) is 0. The van der Waals surface area contributed by atoms with Crippen LogP contribution in [0.25, 0.3) is 6.08 Å². The molecule has 0 radical (unpaired) electrons. The molecule has 1 fully saturated rings. The average Bonchev–Trinajstić information content (AvgIpc) is 2.41. The van der Waals surface area contributed by atoms with Gasteiger partial charge in [-0.1, -0.05) is 37.3 Å². The van der Waals surface area contributed by atoms with E-state index in [1.54, 1.807) is 6.08 Å². The molecule has 0 spiro atoms. The summed E-state index contributed by atoms with van der Waals surface area (Å²) in [6, 6.07) is 9.52. The minimum absolute atomic E-state index is 0.101. The molecule has 0 aromatic heterocycles. The highest BCUT2D eigenvalue weighted by atomic mass is 32.2.